The minimum Gasteiger partial charge on any atom is -0.507 e. The molecule has 0 radical (unpaired) electrons. The number of hydrogen-bond acceptors (Lipinski definition) is 2. The van der Waals surface area contributed by atoms with Crippen LogP contribution in [-0.2, 0) is 12.8 Å². The fraction of sp³-hybridized carbons (Fsp3) is 0.263. The summed E-state index contributed by atoms with van der Waals surface area (Å²) < 4.78 is 0. The van der Waals surface area contributed by atoms with E-state index in [1.54, 1.807) is 6.07 Å². The van der Waals surface area contributed by atoms with Crippen LogP contribution in [0, 0.1) is 0 Å². The molecule has 2 aromatic rings. The van der Waals surface area contributed by atoms with Gasteiger partial charge in [-0.15, -0.1) is 23.6 Å². The van der Waals surface area contributed by atoms with Gasteiger partial charge in [-0.25, -0.2) is 0 Å². The highest BCUT2D eigenvalue weighted by molar-refractivity contribution is 8.93. The van der Waals surface area contributed by atoms with E-state index in [0.717, 1.165) is 31.5 Å². The Kier molecular flexibility index (Phi) is 4.11. The largest absolute Gasteiger partial charge is 0.507 e. The maximum Gasteiger partial charge on any atom is 0.123 e. The van der Waals surface area contributed by atoms with Crippen molar-refractivity contribution in [2.45, 2.75) is 18.9 Å². The number of fused-ring (bicyclic) bond motifs is 2. The minimum atomic E-state index is 0. The normalized spacial score (nSPS) is 18.8. The van der Waals surface area contributed by atoms with Crippen molar-refractivity contribution in [3.8, 4) is 16.9 Å². The van der Waals surface area contributed by atoms with E-state index in [1.807, 2.05) is 12.1 Å². The number of nitrogens with zero attached hydrogens (tertiary/aromatic N) is 1. The molecule has 1 atom stereocenters. The van der Waals surface area contributed by atoms with Crippen LogP contribution in [-0.4, -0.2) is 23.1 Å². The van der Waals surface area contributed by atoms with Gasteiger partial charge in [-0.3, -0.25) is 4.90 Å². The smallest absolute Gasteiger partial charge is 0.123 e. The van der Waals surface area contributed by atoms with Crippen molar-refractivity contribution in [1.82, 2.24) is 4.90 Å². The van der Waals surface area contributed by atoms with Gasteiger partial charge in [0.25, 0.3) is 0 Å². The molecule has 4 rings (SSSR count). The summed E-state index contributed by atoms with van der Waals surface area (Å²) in [5, 5.41) is 10.3. The Labute approximate surface area is 141 Å². The molecule has 0 unspecified atom stereocenters. The van der Waals surface area contributed by atoms with Gasteiger partial charge in [0.15, 0.2) is 0 Å². The first-order valence-corrected chi connectivity index (χ1v) is 7.57. The summed E-state index contributed by atoms with van der Waals surface area (Å²) in [6, 6.07) is 12.8. The number of benzene rings is 2. The summed E-state index contributed by atoms with van der Waals surface area (Å²) in [5.74, 6) is 0.403. The van der Waals surface area contributed by atoms with Gasteiger partial charge >= 0.3 is 0 Å². The van der Waals surface area contributed by atoms with E-state index in [2.05, 4.69) is 35.7 Å². The van der Waals surface area contributed by atoms with E-state index in [1.165, 1.54) is 22.3 Å². The second-order valence-electron chi connectivity index (χ2n) is 5.94. The van der Waals surface area contributed by atoms with Crippen molar-refractivity contribution in [2.24, 2.45) is 0 Å². The molecule has 0 bridgehead atoms. The topological polar surface area (TPSA) is 23.5 Å². The van der Waals surface area contributed by atoms with Crippen LogP contribution in [0.1, 0.15) is 22.7 Å². The molecule has 0 aromatic heterocycles. The second-order valence-corrected chi connectivity index (χ2v) is 5.94. The van der Waals surface area contributed by atoms with Crippen LogP contribution in [0.5, 0.6) is 5.75 Å². The average Bonchev–Trinajstić information content (AvgIpc) is 2.50. The lowest BCUT2D eigenvalue weighted by molar-refractivity contribution is 0.203. The zero-order valence-corrected chi connectivity index (χ0v) is 14.2. The lowest BCUT2D eigenvalue weighted by atomic mass is 9.77. The first-order chi connectivity index (χ1) is 10.3. The molecule has 0 amide bonds. The van der Waals surface area contributed by atoms with Crippen molar-refractivity contribution in [1.29, 1.82) is 0 Å². The van der Waals surface area contributed by atoms with E-state index in [9.17, 15) is 5.11 Å². The minimum absolute atomic E-state index is 0. The molecule has 0 fully saturated rings. The number of halogens is 1. The third kappa shape index (κ3) is 2.20. The Morgan fingerprint density at radius 1 is 1.18 bits per heavy atom. The van der Waals surface area contributed by atoms with Crippen molar-refractivity contribution in [2.75, 3.05) is 13.1 Å². The van der Waals surface area contributed by atoms with Crippen LogP contribution in [0.15, 0.2) is 49.1 Å². The van der Waals surface area contributed by atoms with Crippen LogP contribution < -0.4 is 0 Å². The monoisotopic (exact) mass is 357 g/mol. The highest BCUT2D eigenvalue weighted by Crippen LogP contribution is 2.47. The Hall–Kier alpha value is -1.58. The maximum absolute atomic E-state index is 10.3. The number of hydrogen-bond donors (Lipinski definition) is 1. The zero-order chi connectivity index (χ0) is 14.4. The van der Waals surface area contributed by atoms with Crippen molar-refractivity contribution in [3.63, 3.8) is 0 Å². The third-order valence-electron chi connectivity index (χ3n) is 4.81. The summed E-state index contributed by atoms with van der Waals surface area (Å²) in [5.41, 5.74) is 6.35. The number of phenols is 1. The molecule has 2 aliphatic rings. The second kappa shape index (κ2) is 5.90. The van der Waals surface area contributed by atoms with Crippen LogP contribution in [0.2, 0.25) is 0 Å². The Balaban J connectivity index is 0.00000144. The van der Waals surface area contributed by atoms with Crippen molar-refractivity contribution >= 4 is 17.0 Å². The summed E-state index contributed by atoms with van der Waals surface area (Å²) in [7, 11) is 0. The van der Waals surface area contributed by atoms with Gasteiger partial charge in [0.1, 0.15) is 5.75 Å². The molecule has 0 saturated heterocycles. The van der Waals surface area contributed by atoms with Crippen molar-refractivity contribution < 1.29 is 5.11 Å². The van der Waals surface area contributed by atoms with Gasteiger partial charge in [-0.2, -0.15) is 0 Å². The van der Waals surface area contributed by atoms with E-state index >= 15 is 0 Å². The number of rotatable bonds is 2. The molecule has 2 aromatic carbocycles. The van der Waals surface area contributed by atoms with E-state index in [0.29, 0.717) is 11.8 Å². The standard InChI is InChI=1S/C19H19NO.BrH/c1-2-10-20-11-9-13-5-3-7-15-18(13)16(20)12-14-6-4-8-17(21)19(14)15;/h2-8,16,21H,1,9-12H2;1H/t16-;/m1./s1. The van der Waals surface area contributed by atoms with Crippen LogP contribution >= 0.6 is 17.0 Å². The van der Waals surface area contributed by atoms with Gasteiger partial charge in [0, 0.05) is 24.7 Å². The molecular formula is C19H20BrNO. The highest BCUT2D eigenvalue weighted by atomic mass is 79.9. The molecule has 1 aliphatic heterocycles. The summed E-state index contributed by atoms with van der Waals surface area (Å²) in [6.07, 6.45) is 4.05. The number of aromatic hydroxyl groups is 1. The van der Waals surface area contributed by atoms with Crippen molar-refractivity contribution in [3.05, 3.63) is 65.7 Å². The fourth-order valence-electron chi connectivity index (χ4n) is 3.94. The van der Waals surface area contributed by atoms with Crippen LogP contribution in [0.3, 0.4) is 0 Å². The SMILES string of the molecule is Br.C=CCN1CCc2cccc3c2[C@H]1Cc1cccc(O)c1-3. The first-order valence-electron chi connectivity index (χ1n) is 7.57. The molecule has 114 valence electrons. The Morgan fingerprint density at radius 2 is 1.95 bits per heavy atom. The molecular weight excluding hydrogens is 338 g/mol. The van der Waals surface area contributed by atoms with Crippen LogP contribution in [0.25, 0.3) is 11.1 Å². The van der Waals surface area contributed by atoms with Crippen LogP contribution in [0.4, 0.5) is 0 Å². The van der Waals surface area contributed by atoms with Gasteiger partial charge in [0.05, 0.1) is 0 Å². The maximum atomic E-state index is 10.3. The van der Waals surface area contributed by atoms with E-state index in [4.69, 9.17) is 0 Å². The molecule has 0 spiro atoms. The molecule has 1 N–H and O–H groups in total. The molecule has 1 heterocycles. The quantitative estimate of drug-likeness (QED) is 0.810. The van der Waals surface area contributed by atoms with E-state index in [-0.39, 0.29) is 17.0 Å². The summed E-state index contributed by atoms with van der Waals surface area (Å²) in [6.45, 7) is 5.90. The fourth-order valence-corrected chi connectivity index (χ4v) is 3.94. The lowest BCUT2D eigenvalue weighted by Gasteiger charge is -2.41. The highest BCUT2D eigenvalue weighted by Gasteiger charge is 2.34. The average molecular weight is 358 g/mol. The summed E-state index contributed by atoms with van der Waals surface area (Å²) in [4.78, 5) is 2.51. The van der Waals surface area contributed by atoms with E-state index < -0.39 is 0 Å². The van der Waals surface area contributed by atoms with Gasteiger partial charge < -0.3 is 5.11 Å². The van der Waals surface area contributed by atoms with Gasteiger partial charge in [-0.05, 0) is 41.2 Å². The first kappa shape index (κ1) is 15.3. The molecule has 22 heavy (non-hydrogen) atoms. The predicted molar refractivity (Wildman–Crippen MR) is 95.8 cm³/mol. The Morgan fingerprint density at radius 3 is 2.77 bits per heavy atom. The molecule has 2 nitrogen and oxygen atoms in total. The molecule has 0 saturated carbocycles. The zero-order valence-electron chi connectivity index (χ0n) is 12.5. The molecule has 1 aliphatic carbocycles. The summed E-state index contributed by atoms with van der Waals surface area (Å²) >= 11 is 0. The Bertz CT molecular complexity index is 725. The molecule has 3 heteroatoms. The lowest BCUT2D eigenvalue weighted by Crippen LogP contribution is -2.38. The van der Waals surface area contributed by atoms with Gasteiger partial charge in [0.2, 0.25) is 0 Å². The number of phenolic OH excluding ortho intramolecular Hbond substituents is 1. The van der Waals surface area contributed by atoms with Gasteiger partial charge in [-0.1, -0.05) is 36.4 Å². The third-order valence-corrected chi connectivity index (χ3v) is 4.81. The predicted octanol–water partition coefficient (Wildman–Crippen LogP) is 4.28.